The van der Waals surface area contributed by atoms with Gasteiger partial charge in [-0.3, -0.25) is 0 Å². The summed E-state index contributed by atoms with van der Waals surface area (Å²) in [6.45, 7) is 4.60. The third-order valence-electron chi connectivity index (χ3n) is 4.25. The quantitative estimate of drug-likeness (QED) is 0.683. The van der Waals surface area contributed by atoms with Gasteiger partial charge in [0.25, 0.3) is 0 Å². The molecule has 1 aliphatic carbocycles. The number of ether oxygens (including phenoxy) is 1. The van der Waals surface area contributed by atoms with Gasteiger partial charge in [0.1, 0.15) is 0 Å². The molecular weight excluding hydrogens is 264 g/mol. The zero-order chi connectivity index (χ0) is 11.6. The smallest absolute Gasteiger partial charge is 0.0687 e. The minimum atomic E-state index is 0.324. The molecule has 1 saturated carbocycles. The van der Waals surface area contributed by atoms with E-state index < -0.39 is 0 Å². The van der Waals surface area contributed by atoms with Crippen LogP contribution in [0, 0.1) is 5.92 Å². The van der Waals surface area contributed by atoms with E-state index in [1.807, 2.05) is 0 Å². The van der Waals surface area contributed by atoms with Gasteiger partial charge in [-0.1, -0.05) is 42.6 Å². The summed E-state index contributed by atoms with van der Waals surface area (Å²) in [6.07, 6.45) is 11.2. The van der Waals surface area contributed by atoms with Crippen molar-refractivity contribution in [3.63, 3.8) is 0 Å². The molecule has 1 spiro atoms. The highest BCUT2D eigenvalue weighted by molar-refractivity contribution is 9.09. The van der Waals surface area contributed by atoms with Crippen molar-refractivity contribution in [1.29, 1.82) is 0 Å². The van der Waals surface area contributed by atoms with Crippen LogP contribution in [0.2, 0.25) is 0 Å². The lowest BCUT2D eigenvalue weighted by Gasteiger charge is -2.25. The minimum Gasteiger partial charge on any atom is -0.372 e. The Morgan fingerprint density at radius 1 is 1.25 bits per heavy atom. The molecule has 0 radical (unpaired) electrons. The molecule has 94 valence electrons. The van der Waals surface area contributed by atoms with Crippen molar-refractivity contribution in [3.05, 3.63) is 0 Å². The molecule has 0 aromatic heterocycles. The molecule has 1 aliphatic heterocycles. The van der Waals surface area contributed by atoms with Crippen molar-refractivity contribution in [3.8, 4) is 0 Å². The third kappa shape index (κ3) is 3.22. The van der Waals surface area contributed by atoms with E-state index in [2.05, 4.69) is 29.8 Å². The lowest BCUT2D eigenvalue weighted by molar-refractivity contribution is -0.0436. The van der Waals surface area contributed by atoms with Crippen LogP contribution in [0.25, 0.3) is 0 Å². The van der Waals surface area contributed by atoms with Crippen LogP contribution >= 0.6 is 15.9 Å². The molecule has 0 bridgehead atoms. The van der Waals surface area contributed by atoms with Crippen LogP contribution in [0.3, 0.4) is 0 Å². The number of hydrogen-bond acceptors (Lipinski definition) is 1. The molecule has 0 aromatic rings. The first-order valence-electron chi connectivity index (χ1n) is 6.91. The van der Waals surface area contributed by atoms with Crippen molar-refractivity contribution in [2.75, 3.05) is 0 Å². The van der Waals surface area contributed by atoms with Gasteiger partial charge in [0, 0.05) is 4.83 Å². The Morgan fingerprint density at radius 3 is 2.56 bits per heavy atom. The van der Waals surface area contributed by atoms with Gasteiger partial charge in [0.2, 0.25) is 0 Å². The van der Waals surface area contributed by atoms with Gasteiger partial charge in [-0.2, -0.15) is 0 Å². The van der Waals surface area contributed by atoms with Gasteiger partial charge in [-0.15, -0.1) is 0 Å². The second-order valence-electron chi connectivity index (χ2n) is 6.03. The first kappa shape index (κ1) is 12.9. The van der Waals surface area contributed by atoms with Crippen LogP contribution < -0.4 is 0 Å². The summed E-state index contributed by atoms with van der Waals surface area (Å²) in [7, 11) is 0. The number of halogens is 1. The molecule has 1 nitrogen and oxygen atoms in total. The average Bonchev–Trinajstić information content (AvgIpc) is 2.76. The lowest BCUT2D eigenvalue weighted by Crippen LogP contribution is -2.25. The van der Waals surface area contributed by atoms with Crippen LogP contribution in [0.15, 0.2) is 0 Å². The Balaban J connectivity index is 1.76. The van der Waals surface area contributed by atoms with Crippen LogP contribution in [0.4, 0.5) is 0 Å². The van der Waals surface area contributed by atoms with Gasteiger partial charge in [-0.25, -0.2) is 0 Å². The lowest BCUT2D eigenvalue weighted by atomic mass is 9.95. The van der Waals surface area contributed by atoms with Gasteiger partial charge < -0.3 is 4.74 Å². The maximum atomic E-state index is 6.35. The molecule has 3 unspecified atom stereocenters. The van der Waals surface area contributed by atoms with Crippen molar-refractivity contribution in [1.82, 2.24) is 0 Å². The van der Waals surface area contributed by atoms with Gasteiger partial charge in [0.05, 0.1) is 11.7 Å². The SMILES string of the molecule is CC(Br)CC(C)CC1CCC2(CCCC2)O1. The molecule has 16 heavy (non-hydrogen) atoms. The van der Waals surface area contributed by atoms with Crippen molar-refractivity contribution in [2.24, 2.45) is 5.92 Å². The average molecular weight is 289 g/mol. The fraction of sp³-hybridized carbons (Fsp3) is 1.00. The van der Waals surface area contributed by atoms with Crippen LogP contribution in [0.1, 0.15) is 65.2 Å². The largest absolute Gasteiger partial charge is 0.372 e. The number of alkyl halides is 1. The van der Waals surface area contributed by atoms with Crippen molar-refractivity contribution in [2.45, 2.75) is 81.7 Å². The van der Waals surface area contributed by atoms with Crippen molar-refractivity contribution < 1.29 is 4.74 Å². The Labute approximate surface area is 108 Å². The summed E-state index contributed by atoms with van der Waals surface area (Å²) in [5.41, 5.74) is 0.324. The standard InChI is InChI=1S/C14H25BrO/c1-11(9-12(2)15)10-13-5-8-14(16-13)6-3-4-7-14/h11-13H,3-10H2,1-2H3. The van der Waals surface area contributed by atoms with E-state index in [0.717, 1.165) is 5.92 Å². The normalized spacial score (nSPS) is 32.1. The summed E-state index contributed by atoms with van der Waals surface area (Å²) >= 11 is 3.64. The van der Waals surface area contributed by atoms with E-state index in [1.165, 1.54) is 51.4 Å². The third-order valence-corrected chi connectivity index (χ3v) is 4.62. The summed E-state index contributed by atoms with van der Waals surface area (Å²) in [6, 6.07) is 0. The number of rotatable bonds is 4. The highest BCUT2D eigenvalue weighted by atomic mass is 79.9. The van der Waals surface area contributed by atoms with Gasteiger partial charge in [0.15, 0.2) is 0 Å². The minimum absolute atomic E-state index is 0.324. The zero-order valence-corrected chi connectivity index (χ0v) is 12.3. The maximum Gasteiger partial charge on any atom is 0.0687 e. The molecule has 2 aliphatic rings. The topological polar surface area (TPSA) is 9.23 Å². The molecule has 2 fully saturated rings. The highest BCUT2D eigenvalue weighted by Crippen LogP contribution is 2.44. The summed E-state index contributed by atoms with van der Waals surface area (Å²) < 4.78 is 6.35. The molecule has 1 heterocycles. The molecule has 0 aromatic carbocycles. The first-order valence-corrected chi connectivity index (χ1v) is 7.83. The first-order chi connectivity index (χ1) is 7.60. The summed E-state index contributed by atoms with van der Waals surface area (Å²) in [5, 5.41) is 0. The molecule has 0 amide bonds. The maximum absolute atomic E-state index is 6.35. The second-order valence-corrected chi connectivity index (χ2v) is 7.59. The Hall–Kier alpha value is 0.440. The van der Waals surface area contributed by atoms with Crippen LogP contribution in [-0.4, -0.2) is 16.5 Å². The van der Waals surface area contributed by atoms with E-state index in [4.69, 9.17) is 4.74 Å². The molecule has 2 heteroatoms. The fourth-order valence-corrected chi connectivity index (χ4v) is 4.19. The van der Waals surface area contributed by atoms with Crippen molar-refractivity contribution >= 4 is 15.9 Å². The van der Waals surface area contributed by atoms with Gasteiger partial charge in [-0.05, 0) is 44.4 Å². The summed E-state index contributed by atoms with van der Waals surface area (Å²) in [4.78, 5) is 0.643. The molecular formula is C14H25BrO. The Kier molecular flexibility index (Phi) is 4.34. The molecule has 3 atom stereocenters. The molecule has 2 rings (SSSR count). The monoisotopic (exact) mass is 288 g/mol. The molecule has 1 saturated heterocycles. The highest BCUT2D eigenvalue weighted by Gasteiger charge is 2.42. The van der Waals surface area contributed by atoms with E-state index >= 15 is 0 Å². The zero-order valence-electron chi connectivity index (χ0n) is 10.7. The Bertz CT molecular complexity index is 221. The Morgan fingerprint density at radius 2 is 1.94 bits per heavy atom. The van der Waals surface area contributed by atoms with E-state index in [0.29, 0.717) is 16.5 Å². The fourth-order valence-electron chi connectivity index (χ4n) is 3.55. The van der Waals surface area contributed by atoms with E-state index in [1.54, 1.807) is 0 Å². The van der Waals surface area contributed by atoms with E-state index in [-0.39, 0.29) is 0 Å². The molecule has 0 N–H and O–H groups in total. The van der Waals surface area contributed by atoms with Crippen LogP contribution in [0.5, 0.6) is 0 Å². The number of hydrogen-bond donors (Lipinski definition) is 0. The van der Waals surface area contributed by atoms with Crippen LogP contribution in [-0.2, 0) is 4.74 Å². The summed E-state index contributed by atoms with van der Waals surface area (Å²) in [5.74, 6) is 0.788. The second kappa shape index (κ2) is 5.39. The van der Waals surface area contributed by atoms with E-state index in [9.17, 15) is 0 Å². The predicted molar refractivity (Wildman–Crippen MR) is 72.1 cm³/mol. The van der Waals surface area contributed by atoms with Gasteiger partial charge >= 0.3 is 0 Å². The predicted octanol–water partition coefficient (Wildman–Crippen LogP) is 4.68.